The molecule has 0 saturated carbocycles. The van der Waals surface area contributed by atoms with Gasteiger partial charge in [0.15, 0.2) is 0 Å². The summed E-state index contributed by atoms with van der Waals surface area (Å²) >= 11 is 0. The molecule has 0 spiro atoms. The Kier molecular flexibility index (Phi) is 5.31. The first-order chi connectivity index (χ1) is 12.5. The SMILES string of the molecule is Cc1cc(C(=O)N(Cc2ccccc2)Cc2ccco2)c(C)n1C(C)C. The minimum Gasteiger partial charge on any atom is -0.467 e. The summed E-state index contributed by atoms with van der Waals surface area (Å²) in [7, 11) is 0. The molecule has 0 aliphatic heterocycles. The summed E-state index contributed by atoms with van der Waals surface area (Å²) in [6.07, 6.45) is 1.64. The topological polar surface area (TPSA) is 38.4 Å². The van der Waals surface area contributed by atoms with E-state index < -0.39 is 0 Å². The van der Waals surface area contributed by atoms with Gasteiger partial charge in [0.25, 0.3) is 5.91 Å². The summed E-state index contributed by atoms with van der Waals surface area (Å²) in [4.78, 5) is 15.2. The van der Waals surface area contributed by atoms with Crippen LogP contribution in [0.3, 0.4) is 0 Å². The predicted molar refractivity (Wildman–Crippen MR) is 103 cm³/mol. The van der Waals surface area contributed by atoms with Gasteiger partial charge in [0, 0.05) is 24.0 Å². The fraction of sp³-hybridized carbons (Fsp3) is 0.318. The Morgan fingerprint density at radius 2 is 1.81 bits per heavy atom. The molecule has 0 radical (unpaired) electrons. The van der Waals surface area contributed by atoms with Crippen molar-refractivity contribution >= 4 is 5.91 Å². The van der Waals surface area contributed by atoms with Crippen molar-refractivity contribution < 1.29 is 9.21 Å². The third-order valence-electron chi connectivity index (χ3n) is 4.66. The van der Waals surface area contributed by atoms with Gasteiger partial charge < -0.3 is 13.9 Å². The maximum atomic E-state index is 13.4. The zero-order chi connectivity index (χ0) is 18.7. The Morgan fingerprint density at radius 3 is 2.38 bits per heavy atom. The predicted octanol–water partition coefficient (Wildman–Crippen LogP) is 5.12. The molecule has 3 aromatic rings. The molecule has 0 aliphatic rings. The Labute approximate surface area is 155 Å². The molecule has 0 unspecified atom stereocenters. The van der Waals surface area contributed by atoms with Crippen molar-refractivity contribution in [3.8, 4) is 0 Å². The lowest BCUT2D eigenvalue weighted by Crippen LogP contribution is -2.30. The van der Waals surface area contributed by atoms with E-state index >= 15 is 0 Å². The molecule has 0 fully saturated rings. The largest absolute Gasteiger partial charge is 0.467 e. The van der Waals surface area contributed by atoms with E-state index in [1.165, 1.54) is 0 Å². The Bertz CT molecular complexity index is 861. The number of rotatable bonds is 6. The lowest BCUT2D eigenvalue weighted by Gasteiger charge is -2.22. The number of nitrogens with zero attached hydrogens (tertiary/aromatic N) is 2. The second-order valence-corrected chi connectivity index (χ2v) is 6.97. The smallest absolute Gasteiger partial charge is 0.256 e. The number of furan rings is 1. The molecule has 4 nitrogen and oxygen atoms in total. The van der Waals surface area contributed by atoms with Crippen molar-refractivity contribution in [1.82, 2.24) is 9.47 Å². The van der Waals surface area contributed by atoms with Gasteiger partial charge in [0.05, 0.1) is 18.4 Å². The van der Waals surface area contributed by atoms with Crippen LogP contribution in [0.2, 0.25) is 0 Å². The van der Waals surface area contributed by atoms with E-state index in [-0.39, 0.29) is 5.91 Å². The van der Waals surface area contributed by atoms with E-state index in [0.717, 1.165) is 28.3 Å². The minimum absolute atomic E-state index is 0.0326. The summed E-state index contributed by atoms with van der Waals surface area (Å²) in [5.41, 5.74) is 3.99. The van der Waals surface area contributed by atoms with E-state index in [4.69, 9.17) is 4.42 Å². The molecule has 1 amide bonds. The maximum Gasteiger partial charge on any atom is 0.256 e. The fourth-order valence-electron chi connectivity index (χ4n) is 3.55. The van der Waals surface area contributed by atoms with Crippen LogP contribution in [0.5, 0.6) is 0 Å². The molecule has 136 valence electrons. The van der Waals surface area contributed by atoms with Gasteiger partial charge in [-0.3, -0.25) is 4.79 Å². The average molecular weight is 350 g/mol. The lowest BCUT2D eigenvalue weighted by molar-refractivity contribution is 0.0717. The first-order valence-electron chi connectivity index (χ1n) is 9.01. The minimum atomic E-state index is 0.0326. The summed E-state index contributed by atoms with van der Waals surface area (Å²) in [5.74, 6) is 0.817. The lowest BCUT2D eigenvalue weighted by atomic mass is 10.1. The highest BCUT2D eigenvalue weighted by atomic mass is 16.3. The molecule has 2 heterocycles. The van der Waals surface area contributed by atoms with Gasteiger partial charge in [-0.1, -0.05) is 30.3 Å². The first-order valence-corrected chi connectivity index (χ1v) is 9.01. The zero-order valence-electron chi connectivity index (χ0n) is 15.9. The molecule has 1 aromatic carbocycles. The van der Waals surface area contributed by atoms with E-state index in [0.29, 0.717) is 19.1 Å². The van der Waals surface area contributed by atoms with Gasteiger partial charge in [-0.15, -0.1) is 0 Å². The van der Waals surface area contributed by atoms with Crippen LogP contribution in [0.1, 0.15) is 53.0 Å². The van der Waals surface area contributed by atoms with Crippen molar-refractivity contribution in [2.75, 3.05) is 0 Å². The molecule has 0 aliphatic carbocycles. The number of aryl methyl sites for hydroxylation is 1. The van der Waals surface area contributed by atoms with Crippen molar-refractivity contribution in [1.29, 1.82) is 0 Å². The Hall–Kier alpha value is -2.75. The second kappa shape index (κ2) is 7.65. The van der Waals surface area contributed by atoms with Crippen molar-refractivity contribution in [2.45, 2.75) is 46.8 Å². The van der Waals surface area contributed by atoms with Crippen molar-refractivity contribution in [3.63, 3.8) is 0 Å². The summed E-state index contributed by atoms with van der Waals surface area (Å²) in [6, 6.07) is 16.1. The molecule has 3 rings (SSSR count). The van der Waals surface area contributed by atoms with Crippen LogP contribution in [0.15, 0.2) is 59.2 Å². The van der Waals surface area contributed by atoms with Crippen LogP contribution in [0.4, 0.5) is 0 Å². The van der Waals surface area contributed by atoms with Gasteiger partial charge in [0.1, 0.15) is 5.76 Å². The normalized spacial score (nSPS) is 11.1. The third-order valence-corrected chi connectivity index (χ3v) is 4.66. The highest BCUT2D eigenvalue weighted by molar-refractivity contribution is 5.95. The van der Waals surface area contributed by atoms with Crippen LogP contribution < -0.4 is 0 Å². The highest BCUT2D eigenvalue weighted by Crippen LogP contribution is 2.23. The summed E-state index contributed by atoms with van der Waals surface area (Å²) in [5, 5.41) is 0. The summed E-state index contributed by atoms with van der Waals surface area (Å²) < 4.78 is 7.70. The number of carbonyl (C=O) groups excluding carboxylic acids is 1. The molecular formula is C22H26N2O2. The first kappa shape index (κ1) is 18.1. The van der Waals surface area contributed by atoms with E-state index in [2.05, 4.69) is 25.3 Å². The third kappa shape index (κ3) is 3.74. The number of benzene rings is 1. The second-order valence-electron chi connectivity index (χ2n) is 6.97. The number of carbonyl (C=O) groups is 1. The Balaban J connectivity index is 1.93. The number of amides is 1. The standard InChI is InChI=1S/C22H26N2O2/c1-16(2)24-17(3)13-21(18(24)4)22(25)23(15-20-11-8-12-26-20)14-19-9-6-5-7-10-19/h5-13,16H,14-15H2,1-4H3. The van der Waals surface area contributed by atoms with Gasteiger partial charge in [-0.2, -0.15) is 0 Å². The van der Waals surface area contributed by atoms with Gasteiger partial charge in [-0.05, 0) is 51.5 Å². The van der Waals surface area contributed by atoms with Crippen LogP contribution >= 0.6 is 0 Å². The van der Waals surface area contributed by atoms with Crippen LogP contribution in [0, 0.1) is 13.8 Å². The molecule has 26 heavy (non-hydrogen) atoms. The molecule has 0 bridgehead atoms. The molecular weight excluding hydrogens is 324 g/mol. The fourth-order valence-corrected chi connectivity index (χ4v) is 3.55. The highest BCUT2D eigenvalue weighted by Gasteiger charge is 2.23. The molecule has 0 saturated heterocycles. The molecule has 0 N–H and O–H groups in total. The summed E-state index contributed by atoms with van der Waals surface area (Å²) in [6.45, 7) is 9.35. The van der Waals surface area contributed by atoms with Crippen molar-refractivity contribution in [2.24, 2.45) is 0 Å². The number of aromatic nitrogens is 1. The zero-order valence-corrected chi connectivity index (χ0v) is 15.9. The van der Waals surface area contributed by atoms with E-state index in [1.807, 2.05) is 60.4 Å². The van der Waals surface area contributed by atoms with Gasteiger partial charge >= 0.3 is 0 Å². The maximum absolute atomic E-state index is 13.4. The van der Waals surface area contributed by atoms with E-state index in [1.54, 1.807) is 6.26 Å². The van der Waals surface area contributed by atoms with E-state index in [9.17, 15) is 4.79 Å². The monoisotopic (exact) mass is 350 g/mol. The molecule has 2 aromatic heterocycles. The number of hydrogen-bond acceptors (Lipinski definition) is 2. The van der Waals surface area contributed by atoms with Crippen molar-refractivity contribution in [3.05, 3.63) is 83.1 Å². The van der Waals surface area contributed by atoms with Crippen LogP contribution in [-0.2, 0) is 13.1 Å². The van der Waals surface area contributed by atoms with Gasteiger partial charge in [0.2, 0.25) is 0 Å². The Morgan fingerprint density at radius 1 is 1.08 bits per heavy atom. The molecule has 4 heteroatoms. The molecule has 0 atom stereocenters. The van der Waals surface area contributed by atoms with Crippen LogP contribution in [0.25, 0.3) is 0 Å². The number of hydrogen-bond donors (Lipinski definition) is 0. The quantitative estimate of drug-likeness (QED) is 0.619. The van der Waals surface area contributed by atoms with Gasteiger partial charge in [-0.25, -0.2) is 0 Å². The average Bonchev–Trinajstić information content (AvgIpc) is 3.22. The van der Waals surface area contributed by atoms with Crippen LogP contribution in [-0.4, -0.2) is 15.4 Å².